The highest BCUT2D eigenvalue weighted by molar-refractivity contribution is 7.93. The number of hydrogen-bond acceptors (Lipinski definition) is 4. The van der Waals surface area contributed by atoms with Gasteiger partial charge in [0.1, 0.15) is 11.4 Å². The summed E-state index contributed by atoms with van der Waals surface area (Å²) < 4.78 is 28.4. The number of H-pyrrole nitrogens is 1. The van der Waals surface area contributed by atoms with E-state index in [1.165, 1.54) is 0 Å². The number of amides is 1. The Labute approximate surface area is 189 Å². The molecule has 1 heterocycles. The van der Waals surface area contributed by atoms with E-state index in [1.807, 2.05) is 44.2 Å². The molecular weight excluding hydrogens is 424 g/mol. The Morgan fingerprint density at radius 3 is 2.28 bits per heavy atom. The molecule has 2 N–H and O–H groups in total. The van der Waals surface area contributed by atoms with Gasteiger partial charge in [0.05, 0.1) is 17.1 Å². The number of nitrogens with one attached hydrogen (secondary N) is 2. The summed E-state index contributed by atoms with van der Waals surface area (Å²) in [6.07, 6.45) is 0. The topological polar surface area (TPSA) is 95.2 Å². The Morgan fingerprint density at radius 2 is 1.72 bits per heavy atom. The Kier molecular flexibility index (Phi) is 6.74. The lowest BCUT2D eigenvalue weighted by atomic mass is 10.0. The van der Waals surface area contributed by atoms with Crippen molar-refractivity contribution < 1.29 is 13.2 Å². The number of sulfonamides is 1. The Hall–Kier alpha value is -3.13. The van der Waals surface area contributed by atoms with E-state index in [0.29, 0.717) is 28.7 Å². The standard InChI is InChI=1S/C24H30N4O3S/c1-15(2)20-9-11-21(12-10-20)28(32(30,31)24-18(5)26-27-19(24)6)14-23(29)25-22-13-16(3)7-8-17(22)4/h7-13,15H,14H2,1-6H3,(H,25,29)(H,26,27). The van der Waals surface area contributed by atoms with E-state index in [9.17, 15) is 13.2 Å². The van der Waals surface area contributed by atoms with Crippen molar-refractivity contribution in [2.24, 2.45) is 0 Å². The Balaban J connectivity index is 2.00. The molecule has 0 radical (unpaired) electrons. The van der Waals surface area contributed by atoms with Gasteiger partial charge in [-0.15, -0.1) is 0 Å². The SMILES string of the molecule is Cc1ccc(C)c(NC(=O)CN(c2ccc(C(C)C)cc2)S(=O)(=O)c2c(C)n[nH]c2C)c1. The van der Waals surface area contributed by atoms with Crippen LogP contribution in [0.4, 0.5) is 11.4 Å². The molecule has 0 atom stereocenters. The number of nitrogens with zero attached hydrogens (tertiary/aromatic N) is 2. The summed E-state index contributed by atoms with van der Waals surface area (Å²) in [5.74, 6) is -0.117. The number of aromatic amines is 1. The van der Waals surface area contributed by atoms with Gasteiger partial charge in [-0.2, -0.15) is 5.10 Å². The number of anilines is 2. The van der Waals surface area contributed by atoms with E-state index >= 15 is 0 Å². The summed E-state index contributed by atoms with van der Waals surface area (Å²) in [4.78, 5) is 13.1. The van der Waals surface area contributed by atoms with Gasteiger partial charge in [0.2, 0.25) is 5.91 Å². The van der Waals surface area contributed by atoms with E-state index in [2.05, 4.69) is 29.4 Å². The molecule has 3 aromatic rings. The first-order chi connectivity index (χ1) is 15.0. The fourth-order valence-electron chi connectivity index (χ4n) is 3.56. The minimum Gasteiger partial charge on any atom is -0.324 e. The lowest BCUT2D eigenvalue weighted by Gasteiger charge is -2.25. The first kappa shape index (κ1) is 23.5. The van der Waals surface area contributed by atoms with Crippen LogP contribution < -0.4 is 9.62 Å². The normalized spacial score (nSPS) is 11.6. The quantitative estimate of drug-likeness (QED) is 0.545. The molecule has 32 heavy (non-hydrogen) atoms. The lowest BCUT2D eigenvalue weighted by Crippen LogP contribution is -2.38. The minimum atomic E-state index is -4.03. The molecule has 0 spiro atoms. The number of aryl methyl sites for hydroxylation is 4. The summed E-state index contributed by atoms with van der Waals surface area (Å²) in [5.41, 5.74) is 4.87. The zero-order valence-electron chi connectivity index (χ0n) is 19.4. The number of benzene rings is 2. The highest BCUT2D eigenvalue weighted by Crippen LogP contribution is 2.28. The van der Waals surface area contributed by atoms with Crippen LogP contribution in [0.25, 0.3) is 0 Å². The third kappa shape index (κ3) is 4.85. The van der Waals surface area contributed by atoms with Crippen LogP contribution in [0.15, 0.2) is 47.4 Å². The van der Waals surface area contributed by atoms with Gasteiger partial charge in [0.15, 0.2) is 0 Å². The highest BCUT2D eigenvalue weighted by atomic mass is 32.2. The number of hydrogen-bond donors (Lipinski definition) is 2. The minimum absolute atomic E-state index is 0.0879. The Bertz CT molecular complexity index is 1210. The second kappa shape index (κ2) is 9.16. The third-order valence-electron chi connectivity index (χ3n) is 5.41. The summed E-state index contributed by atoms with van der Waals surface area (Å²) >= 11 is 0. The lowest BCUT2D eigenvalue weighted by molar-refractivity contribution is -0.114. The van der Waals surface area contributed by atoms with E-state index in [1.54, 1.807) is 26.0 Å². The molecule has 2 aromatic carbocycles. The zero-order chi connectivity index (χ0) is 23.6. The van der Waals surface area contributed by atoms with Crippen LogP contribution in [-0.4, -0.2) is 31.1 Å². The fraction of sp³-hybridized carbons (Fsp3) is 0.333. The smallest absolute Gasteiger partial charge is 0.268 e. The predicted octanol–water partition coefficient (Wildman–Crippen LogP) is 4.60. The van der Waals surface area contributed by atoms with Crippen LogP contribution in [0.3, 0.4) is 0 Å². The van der Waals surface area contributed by atoms with E-state index < -0.39 is 15.9 Å². The number of carbonyl (C=O) groups is 1. The summed E-state index contributed by atoms with van der Waals surface area (Å²) in [7, 11) is -4.03. The largest absolute Gasteiger partial charge is 0.324 e. The first-order valence-corrected chi connectivity index (χ1v) is 12.0. The van der Waals surface area contributed by atoms with Gasteiger partial charge in [-0.05, 0) is 68.5 Å². The molecule has 8 heteroatoms. The van der Waals surface area contributed by atoms with Gasteiger partial charge in [-0.1, -0.05) is 38.1 Å². The maximum Gasteiger partial charge on any atom is 0.268 e. The van der Waals surface area contributed by atoms with E-state index in [-0.39, 0.29) is 11.4 Å². The average Bonchev–Trinajstić information content (AvgIpc) is 3.07. The summed E-state index contributed by atoms with van der Waals surface area (Å²) in [5, 5.41) is 9.62. The molecule has 0 bridgehead atoms. The fourth-order valence-corrected chi connectivity index (χ4v) is 5.32. The maximum absolute atomic E-state index is 13.6. The monoisotopic (exact) mass is 454 g/mol. The second-order valence-corrected chi connectivity index (χ2v) is 10.2. The van der Waals surface area contributed by atoms with Crippen molar-refractivity contribution in [2.75, 3.05) is 16.2 Å². The van der Waals surface area contributed by atoms with Crippen LogP contribution >= 0.6 is 0 Å². The third-order valence-corrected chi connectivity index (χ3v) is 7.45. The maximum atomic E-state index is 13.6. The van der Waals surface area contributed by atoms with Gasteiger partial charge in [0.25, 0.3) is 10.0 Å². The van der Waals surface area contributed by atoms with Crippen molar-refractivity contribution in [2.45, 2.75) is 52.4 Å². The van der Waals surface area contributed by atoms with Crippen LogP contribution in [0.5, 0.6) is 0 Å². The molecule has 0 saturated carbocycles. The molecule has 3 rings (SSSR count). The van der Waals surface area contributed by atoms with E-state index in [0.717, 1.165) is 21.0 Å². The molecule has 0 aliphatic heterocycles. The number of carbonyl (C=O) groups excluding carboxylic acids is 1. The first-order valence-electron chi connectivity index (χ1n) is 10.5. The number of aromatic nitrogens is 2. The molecule has 0 unspecified atom stereocenters. The molecule has 170 valence electrons. The highest BCUT2D eigenvalue weighted by Gasteiger charge is 2.31. The molecular formula is C24H30N4O3S. The van der Waals surface area contributed by atoms with Crippen molar-refractivity contribution in [3.63, 3.8) is 0 Å². The average molecular weight is 455 g/mol. The van der Waals surface area contributed by atoms with Crippen molar-refractivity contribution in [3.05, 3.63) is 70.5 Å². The van der Waals surface area contributed by atoms with Gasteiger partial charge in [0, 0.05) is 5.69 Å². The van der Waals surface area contributed by atoms with E-state index in [4.69, 9.17) is 0 Å². The predicted molar refractivity (Wildman–Crippen MR) is 128 cm³/mol. The molecule has 0 aliphatic carbocycles. The van der Waals surface area contributed by atoms with Crippen molar-refractivity contribution in [3.8, 4) is 0 Å². The van der Waals surface area contributed by atoms with Crippen molar-refractivity contribution in [1.82, 2.24) is 10.2 Å². The van der Waals surface area contributed by atoms with Crippen LogP contribution in [0.2, 0.25) is 0 Å². The molecule has 7 nitrogen and oxygen atoms in total. The summed E-state index contributed by atoms with van der Waals surface area (Å²) in [6.45, 7) is 10.9. The molecule has 1 aromatic heterocycles. The summed E-state index contributed by atoms with van der Waals surface area (Å²) in [6, 6.07) is 13.0. The molecule has 0 saturated heterocycles. The van der Waals surface area contributed by atoms with Gasteiger partial charge in [-0.25, -0.2) is 8.42 Å². The van der Waals surface area contributed by atoms with Crippen LogP contribution in [-0.2, 0) is 14.8 Å². The second-order valence-electron chi connectivity index (χ2n) is 8.39. The number of rotatable bonds is 7. The van der Waals surface area contributed by atoms with Crippen molar-refractivity contribution >= 4 is 27.3 Å². The van der Waals surface area contributed by atoms with Crippen molar-refractivity contribution in [1.29, 1.82) is 0 Å². The van der Waals surface area contributed by atoms with Gasteiger partial charge >= 0.3 is 0 Å². The van der Waals surface area contributed by atoms with Gasteiger partial charge < -0.3 is 5.32 Å². The zero-order valence-corrected chi connectivity index (χ0v) is 20.2. The molecule has 0 aliphatic rings. The van der Waals surface area contributed by atoms with Gasteiger partial charge in [-0.3, -0.25) is 14.2 Å². The Morgan fingerprint density at radius 1 is 1.06 bits per heavy atom. The molecule has 0 fully saturated rings. The molecule has 1 amide bonds. The van der Waals surface area contributed by atoms with Crippen LogP contribution in [0, 0.1) is 27.7 Å². The van der Waals surface area contributed by atoms with Crippen LogP contribution in [0.1, 0.15) is 47.8 Å².